The largest absolute Gasteiger partial charge is 0.352 e. The first-order valence-corrected chi connectivity index (χ1v) is 7.19. The van der Waals surface area contributed by atoms with Crippen LogP contribution in [0.2, 0.25) is 5.02 Å². The molecule has 1 aliphatic heterocycles. The average Bonchev–Trinajstić information content (AvgIpc) is 3.16. The molecule has 2 fully saturated rings. The summed E-state index contributed by atoms with van der Waals surface area (Å²) in [5.74, 6) is 2.02. The second-order valence-corrected chi connectivity index (χ2v) is 5.85. The summed E-state index contributed by atoms with van der Waals surface area (Å²) in [5.41, 5.74) is 0. The molecule has 1 aromatic heterocycles. The van der Waals surface area contributed by atoms with Crippen LogP contribution in [-0.2, 0) is 4.79 Å². The maximum absolute atomic E-state index is 12.1. The fourth-order valence-corrected chi connectivity index (χ4v) is 2.89. The molecule has 1 amide bonds. The molecule has 1 saturated heterocycles. The smallest absolute Gasteiger partial charge is 0.226 e. The highest BCUT2D eigenvalue weighted by molar-refractivity contribution is 6.32. The quantitative estimate of drug-likeness (QED) is 0.831. The van der Waals surface area contributed by atoms with Crippen molar-refractivity contribution in [2.45, 2.75) is 13.3 Å². The SMILES string of the molecule is CC1CC1C(=O)N1CCN(c2ncccc2Cl)CC1. The van der Waals surface area contributed by atoms with Gasteiger partial charge in [0.05, 0.1) is 5.02 Å². The van der Waals surface area contributed by atoms with E-state index >= 15 is 0 Å². The number of hydrogen-bond donors (Lipinski definition) is 0. The second kappa shape index (κ2) is 5.00. The van der Waals surface area contributed by atoms with E-state index in [1.54, 1.807) is 6.20 Å². The van der Waals surface area contributed by atoms with Crippen molar-refractivity contribution in [1.82, 2.24) is 9.88 Å². The number of amides is 1. The van der Waals surface area contributed by atoms with Crippen LogP contribution < -0.4 is 4.90 Å². The third-order valence-corrected chi connectivity index (χ3v) is 4.35. The molecule has 0 spiro atoms. The number of pyridine rings is 1. The second-order valence-electron chi connectivity index (χ2n) is 5.44. The van der Waals surface area contributed by atoms with E-state index in [-0.39, 0.29) is 5.92 Å². The number of hydrogen-bond acceptors (Lipinski definition) is 3. The molecule has 2 aliphatic rings. The molecule has 0 radical (unpaired) electrons. The Morgan fingerprint density at radius 3 is 2.63 bits per heavy atom. The Morgan fingerprint density at radius 2 is 2.05 bits per heavy atom. The Bertz CT molecular complexity index is 485. The lowest BCUT2D eigenvalue weighted by Gasteiger charge is -2.35. The van der Waals surface area contributed by atoms with E-state index in [1.165, 1.54) is 0 Å². The van der Waals surface area contributed by atoms with Crippen molar-refractivity contribution in [3.8, 4) is 0 Å². The van der Waals surface area contributed by atoms with Gasteiger partial charge < -0.3 is 9.80 Å². The molecule has 1 aromatic rings. The summed E-state index contributed by atoms with van der Waals surface area (Å²) in [7, 11) is 0. The Balaban J connectivity index is 1.60. The molecule has 2 unspecified atom stereocenters. The lowest BCUT2D eigenvalue weighted by molar-refractivity contribution is -0.133. The number of rotatable bonds is 2. The third-order valence-electron chi connectivity index (χ3n) is 4.06. The topological polar surface area (TPSA) is 36.4 Å². The lowest BCUT2D eigenvalue weighted by atomic mass is 10.2. The Morgan fingerprint density at radius 1 is 1.37 bits per heavy atom. The number of anilines is 1. The first-order valence-electron chi connectivity index (χ1n) is 6.81. The zero-order valence-corrected chi connectivity index (χ0v) is 11.8. The molecule has 1 aliphatic carbocycles. The van der Waals surface area contributed by atoms with Gasteiger partial charge in [0, 0.05) is 38.3 Å². The van der Waals surface area contributed by atoms with Crippen molar-refractivity contribution in [3.63, 3.8) is 0 Å². The molecular formula is C14H18ClN3O. The summed E-state index contributed by atoms with van der Waals surface area (Å²) in [6.07, 6.45) is 2.82. The van der Waals surface area contributed by atoms with Crippen LogP contribution in [0, 0.1) is 11.8 Å². The van der Waals surface area contributed by atoms with Gasteiger partial charge >= 0.3 is 0 Å². The molecular weight excluding hydrogens is 262 g/mol. The summed E-state index contributed by atoms with van der Waals surface area (Å²) in [6.45, 7) is 5.31. The zero-order chi connectivity index (χ0) is 13.4. The van der Waals surface area contributed by atoms with E-state index in [4.69, 9.17) is 11.6 Å². The van der Waals surface area contributed by atoms with Crippen LogP contribution >= 0.6 is 11.6 Å². The van der Waals surface area contributed by atoms with Gasteiger partial charge in [0.2, 0.25) is 5.91 Å². The van der Waals surface area contributed by atoms with Crippen LogP contribution in [0.5, 0.6) is 0 Å². The zero-order valence-electron chi connectivity index (χ0n) is 11.1. The van der Waals surface area contributed by atoms with Crippen LogP contribution in [-0.4, -0.2) is 42.0 Å². The van der Waals surface area contributed by atoms with Crippen molar-refractivity contribution in [3.05, 3.63) is 23.4 Å². The van der Waals surface area contributed by atoms with Gasteiger partial charge in [-0.3, -0.25) is 4.79 Å². The van der Waals surface area contributed by atoms with E-state index in [2.05, 4.69) is 16.8 Å². The van der Waals surface area contributed by atoms with Gasteiger partial charge in [-0.15, -0.1) is 0 Å². The number of nitrogens with zero attached hydrogens (tertiary/aromatic N) is 3. The number of halogens is 1. The van der Waals surface area contributed by atoms with Crippen LogP contribution in [0.1, 0.15) is 13.3 Å². The van der Waals surface area contributed by atoms with E-state index in [1.807, 2.05) is 17.0 Å². The van der Waals surface area contributed by atoms with E-state index in [0.717, 1.165) is 38.4 Å². The number of aromatic nitrogens is 1. The molecule has 102 valence electrons. The fourth-order valence-electron chi connectivity index (χ4n) is 2.65. The molecule has 1 saturated carbocycles. The molecule has 0 aromatic carbocycles. The van der Waals surface area contributed by atoms with Crippen molar-refractivity contribution in [1.29, 1.82) is 0 Å². The summed E-state index contributed by atoms with van der Waals surface area (Å²) < 4.78 is 0. The molecule has 3 rings (SSSR count). The van der Waals surface area contributed by atoms with Crippen molar-refractivity contribution in [2.24, 2.45) is 11.8 Å². The highest BCUT2D eigenvalue weighted by Crippen LogP contribution is 2.39. The van der Waals surface area contributed by atoms with Gasteiger partial charge in [0.1, 0.15) is 5.82 Å². The lowest BCUT2D eigenvalue weighted by Crippen LogP contribution is -2.49. The maximum Gasteiger partial charge on any atom is 0.226 e. The van der Waals surface area contributed by atoms with Crippen LogP contribution in [0.25, 0.3) is 0 Å². The van der Waals surface area contributed by atoms with Crippen molar-refractivity contribution in [2.75, 3.05) is 31.1 Å². The monoisotopic (exact) mass is 279 g/mol. The number of carbonyl (C=O) groups is 1. The van der Waals surface area contributed by atoms with Gasteiger partial charge in [-0.25, -0.2) is 4.98 Å². The van der Waals surface area contributed by atoms with Crippen LogP contribution in [0.4, 0.5) is 5.82 Å². The van der Waals surface area contributed by atoms with E-state index in [0.29, 0.717) is 16.8 Å². The molecule has 0 bridgehead atoms. The maximum atomic E-state index is 12.1. The minimum Gasteiger partial charge on any atom is -0.352 e. The summed E-state index contributed by atoms with van der Waals surface area (Å²) in [6, 6.07) is 3.69. The normalized spacial score (nSPS) is 26.4. The van der Waals surface area contributed by atoms with Gasteiger partial charge in [-0.1, -0.05) is 18.5 Å². The molecule has 0 N–H and O–H groups in total. The molecule has 19 heavy (non-hydrogen) atoms. The molecule has 4 nitrogen and oxygen atoms in total. The average molecular weight is 280 g/mol. The Labute approximate surface area is 118 Å². The molecule has 2 atom stereocenters. The molecule has 2 heterocycles. The summed E-state index contributed by atoms with van der Waals surface area (Å²) in [5, 5.41) is 0.679. The van der Waals surface area contributed by atoms with E-state index < -0.39 is 0 Å². The van der Waals surface area contributed by atoms with E-state index in [9.17, 15) is 4.79 Å². The summed E-state index contributed by atoms with van der Waals surface area (Å²) in [4.78, 5) is 20.6. The molecule has 5 heteroatoms. The highest BCUT2D eigenvalue weighted by atomic mass is 35.5. The number of carbonyl (C=O) groups excluding carboxylic acids is 1. The van der Waals surface area contributed by atoms with Gasteiger partial charge in [-0.2, -0.15) is 0 Å². The fraction of sp³-hybridized carbons (Fsp3) is 0.571. The standard InChI is InChI=1S/C14H18ClN3O/c1-10-9-11(10)14(19)18-7-5-17(6-8-18)13-12(15)3-2-4-16-13/h2-4,10-11H,5-9H2,1H3. The predicted octanol–water partition coefficient (Wildman–Crippen LogP) is 2.04. The van der Waals surface area contributed by atoms with Gasteiger partial charge in [0.15, 0.2) is 0 Å². The van der Waals surface area contributed by atoms with Crippen molar-refractivity contribution < 1.29 is 4.79 Å². The first-order chi connectivity index (χ1) is 9.16. The minimum atomic E-state index is 0.282. The minimum absolute atomic E-state index is 0.282. The first kappa shape index (κ1) is 12.7. The van der Waals surface area contributed by atoms with Crippen LogP contribution in [0.15, 0.2) is 18.3 Å². The van der Waals surface area contributed by atoms with Gasteiger partial charge in [0.25, 0.3) is 0 Å². The van der Waals surface area contributed by atoms with Crippen molar-refractivity contribution >= 4 is 23.3 Å². The Hall–Kier alpha value is -1.29. The highest BCUT2D eigenvalue weighted by Gasteiger charge is 2.42. The summed E-state index contributed by atoms with van der Waals surface area (Å²) >= 11 is 6.15. The predicted molar refractivity (Wildman–Crippen MR) is 75.3 cm³/mol. The van der Waals surface area contributed by atoms with Gasteiger partial charge in [-0.05, 0) is 24.5 Å². The van der Waals surface area contributed by atoms with Crippen LogP contribution in [0.3, 0.4) is 0 Å². The third kappa shape index (κ3) is 2.54. The Kier molecular flexibility index (Phi) is 3.35. The number of piperazine rings is 1.